The fourth-order valence-electron chi connectivity index (χ4n) is 3.69. The molecule has 122 valence electrons. The highest BCUT2D eigenvalue weighted by Crippen LogP contribution is 2.61. The van der Waals surface area contributed by atoms with Gasteiger partial charge in [-0.15, -0.1) is 0 Å². The Bertz CT molecular complexity index is 508. The van der Waals surface area contributed by atoms with Gasteiger partial charge in [-0.25, -0.2) is 0 Å². The molecule has 0 aromatic heterocycles. The van der Waals surface area contributed by atoms with Crippen LogP contribution >= 0.6 is 0 Å². The number of hydrogen-bond acceptors (Lipinski definition) is 2. The third-order valence-electron chi connectivity index (χ3n) is 5.60. The summed E-state index contributed by atoms with van der Waals surface area (Å²) in [6, 6.07) is 0. The minimum atomic E-state index is -0.662. The largest absolute Gasteiger partial charge is 0.388 e. The molecule has 0 spiro atoms. The smallest absolute Gasteiger partial charge is 0.148 e. The molecule has 0 bridgehead atoms. The van der Waals surface area contributed by atoms with E-state index in [9.17, 15) is 9.90 Å². The molecule has 0 heterocycles. The second-order valence-corrected chi connectivity index (χ2v) is 7.67. The summed E-state index contributed by atoms with van der Waals surface area (Å²) >= 11 is 0. The zero-order valence-corrected chi connectivity index (χ0v) is 14.4. The molecule has 0 saturated heterocycles. The lowest BCUT2D eigenvalue weighted by Gasteiger charge is -2.10. The van der Waals surface area contributed by atoms with Gasteiger partial charge in [-0.05, 0) is 63.2 Å². The third kappa shape index (κ3) is 3.98. The van der Waals surface area contributed by atoms with Crippen molar-refractivity contribution in [2.45, 2.75) is 65.9 Å². The number of carbonyl (C=O) groups excluding carboxylic acids is 1. The maximum atomic E-state index is 11.4. The number of hydrogen-bond donors (Lipinski definition) is 1. The van der Waals surface area contributed by atoms with E-state index >= 15 is 0 Å². The molecular formula is C20H30O2. The molecule has 0 radical (unpaired) electrons. The van der Waals surface area contributed by atoms with Gasteiger partial charge in [-0.2, -0.15) is 0 Å². The number of aliphatic hydroxyl groups excluding tert-OH is 1. The van der Waals surface area contributed by atoms with E-state index < -0.39 is 6.10 Å². The quantitative estimate of drug-likeness (QED) is 0.567. The molecule has 1 fully saturated rings. The van der Waals surface area contributed by atoms with Crippen LogP contribution in [0.15, 0.2) is 34.9 Å². The Morgan fingerprint density at radius 1 is 1.18 bits per heavy atom. The van der Waals surface area contributed by atoms with Crippen molar-refractivity contribution in [3.05, 3.63) is 34.9 Å². The second kappa shape index (κ2) is 6.95. The van der Waals surface area contributed by atoms with Gasteiger partial charge < -0.3 is 5.11 Å². The van der Waals surface area contributed by atoms with Crippen molar-refractivity contribution in [2.75, 3.05) is 0 Å². The first-order valence-electron chi connectivity index (χ1n) is 8.52. The predicted octanol–water partition coefficient (Wildman–Crippen LogP) is 4.60. The number of aliphatic hydroxyl groups is 1. The van der Waals surface area contributed by atoms with Crippen molar-refractivity contribution in [1.29, 1.82) is 0 Å². The molecule has 0 unspecified atom stereocenters. The van der Waals surface area contributed by atoms with Crippen LogP contribution in [0.5, 0.6) is 0 Å². The van der Waals surface area contributed by atoms with Gasteiger partial charge >= 0.3 is 0 Å². The number of aldehydes is 1. The highest BCUT2D eigenvalue weighted by molar-refractivity contribution is 5.75. The van der Waals surface area contributed by atoms with Crippen LogP contribution in [-0.2, 0) is 4.79 Å². The van der Waals surface area contributed by atoms with Crippen molar-refractivity contribution in [1.82, 2.24) is 0 Å². The van der Waals surface area contributed by atoms with Crippen LogP contribution in [0.3, 0.4) is 0 Å². The Balaban J connectivity index is 2.22. The normalized spacial score (nSPS) is 39.9. The van der Waals surface area contributed by atoms with Crippen LogP contribution in [0.1, 0.15) is 59.8 Å². The lowest BCUT2D eigenvalue weighted by molar-refractivity contribution is -0.105. The molecule has 0 amide bonds. The summed E-state index contributed by atoms with van der Waals surface area (Å²) < 4.78 is 0. The van der Waals surface area contributed by atoms with Gasteiger partial charge in [0.25, 0.3) is 0 Å². The lowest BCUT2D eigenvalue weighted by atomic mass is 10.0. The zero-order chi connectivity index (χ0) is 16.3. The minimum Gasteiger partial charge on any atom is -0.388 e. The van der Waals surface area contributed by atoms with E-state index in [1.165, 1.54) is 17.6 Å². The van der Waals surface area contributed by atoms with Gasteiger partial charge in [0.15, 0.2) is 0 Å². The SMILES string of the molecule is C/C1=C\C[C@@H](O)/C(C=O)=C\[C@@H]2[C@@H](CC/C(C)=C/CC1)C2(C)C. The zero-order valence-electron chi connectivity index (χ0n) is 14.4. The Labute approximate surface area is 135 Å². The number of fused-ring (bicyclic) bond motifs is 1. The summed E-state index contributed by atoms with van der Waals surface area (Å²) in [5.41, 5.74) is 3.58. The number of rotatable bonds is 1. The Hall–Kier alpha value is -1.15. The van der Waals surface area contributed by atoms with Gasteiger partial charge in [0.05, 0.1) is 6.10 Å². The van der Waals surface area contributed by atoms with Gasteiger partial charge in [-0.3, -0.25) is 4.79 Å². The average Bonchev–Trinajstić information content (AvgIpc) is 2.99. The molecule has 22 heavy (non-hydrogen) atoms. The van der Waals surface area contributed by atoms with Crippen molar-refractivity contribution < 1.29 is 9.90 Å². The van der Waals surface area contributed by atoms with E-state index in [1.54, 1.807) is 0 Å². The van der Waals surface area contributed by atoms with Gasteiger partial charge in [-0.1, -0.05) is 43.2 Å². The van der Waals surface area contributed by atoms with Crippen LogP contribution in [0, 0.1) is 17.3 Å². The molecule has 0 aromatic carbocycles. The highest BCUT2D eigenvalue weighted by atomic mass is 16.3. The highest BCUT2D eigenvalue weighted by Gasteiger charge is 2.55. The lowest BCUT2D eigenvalue weighted by Crippen LogP contribution is -2.11. The number of allylic oxidation sites excluding steroid dienone is 4. The van der Waals surface area contributed by atoms with Crippen molar-refractivity contribution in [3.8, 4) is 0 Å². The van der Waals surface area contributed by atoms with Crippen LogP contribution in [0.25, 0.3) is 0 Å². The maximum Gasteiger partial charge on any atom is 0.148 e. The topological polar surface area (TPSA) is 37.3 Å². The first-order chi connectivity index (χ1) is 10.4. The Morgan fingerprint density at radius 2 is 1.86 bits per heavy atom. The van der Waals surface area contributed by atoms with E-state index in [-0.39, 0.29) is 5.41 Å². The van der Waals surface area contributed by atoms with Crippen LogP contribution in [0.2, 0.25) is 0 Å². The predicted molar refractivity (Wildman–Crippen MR) is 91.5 cm³/mol. The van der Waals surface area contributed by atoms with Crippen LogP contribution in [0.4, 0.5) is 0 Å². The monoisotopic (exact) mass is 302 g/mol. The minimum absolute atomic E-state index is 0.250. The Morgan fingerprint density at radius 3 is 2.55 bits per heavy atom. The molecule has 0 aliphatic heterocycles. The van der Waals surface area contributed by atoms with Gasteiger partial charge in [0, 0.05) is 5.57 Å². The van der Waals surface area contributed by atoms with E-state index in [1.807, 2.05) is 6.08 Å². The van der Waals surface area contributed by atoms with E-state index in [0.29, 0.717) is 23.8 Å². The molecule has 1 saturated carbocycles. The summed E-state index contributed by atoms with van der Waals surface area (Å²) in [6.45, 7) is 8.88. The van der Waals surface area contributed by atoms with Crippen molar-refractivity contribution in [2.24, 2.45) is 17.3 Å². The van der Waals surface area contributed by atoms with E-state index in [0.717, 1.165) is 25.5 Å². The van der Waals surface area contributed by atoms with Crippen LogP contribution in [-0.4, -0.2) is 17.5 Å². The van der Waals surface area contributed by atoms with Gasteiger partial charge in [0.1, 0.15) is 6.29 Å². The second-order valence-electron chi connectivity index (χ2n) is 7.67. The molecular weight excluding hydrogens is 272 g/mol. The first kappa shape index (κ1) is 17.2. The van der Waals surface area contributed by atoms with Crippen molar-refractivity contribution >= 4 is 6.29 Å². The average molecular weight is 302 g/mol. The first-order valence-corrected chi connectivity index (χ1v) is 8.52. The van der Waals surface area contributed by atoms with E-state index in [4.69, 9.17) is 0 Å². The molecule has 2 heteroatoms. The Kier molecular flexibility index (Phi) is 5.44. The fraction of sp³-hybridized carbons (Fsp3) is 0.650. The fourth-order valence-corrected chi connectivity index (χ4v) is 3.69. The van der Waals surface area contributed by atoms with Crippen molar-refractivity contribution in [3.63, 3.8) is 0 Å². The summed E-state index contributed by atoms with van der Waals surface area (Å²) in [5, 5.41) is 10.3. The van der Waals surface area contributed by atoms with Crippen LogP contribution < -0.4 is 0 Å². The summed E-state index contributed by atoms with van der Waals surface area (Å²) in [5.74, 6) is 1.04. The number of carbonyl (C=O) groups is 1. The molecule has 3 atom stereocenters. The molecule has 2 aliphatic carbocycles. The molecule has 2 nitrogen and oxygen atoms in total. The molecule has 1 N–H and O–H groups in total. The third-order valence-corrected chi connectivity index (χ3v) is 5.60. The van der Waals surface area contributed by atoms with E-state index in [2.05, 4.69) is 39.8 Å². The summed E-state index contributed by atoms with van der Waals surface area (Å²) in [6.07, 6.45) is 11.6. The molecule has 0 aromatic rings. The summed E-state index contributed by atoms with van der Waals surface area (Å²) in [4.78, 5) is 11.4. The van der Waals surface area contributed by atoms with Gasteiger partial charge in [0.2, 0.25) is 0 Å². The maximum absolute atomic E-state index is 11.4. The molecule has 2 aliphatic rings. The standard InChI is InChI=1S/C20H30O2/c1-14-6-5-7-15(2)9-11-19(22)16(13-21)12-18-17(10-8-14)20(18,3)4/h6,9,12-13,17-19,22H,5,7-8,10-11H2,1-4H3/b14-6+,15-9+,16-12-/t17-,18-,19-/m1/s1. The summed E-state index contributed by atoms with van der Waals surface area (Å²) in [7, 11) is 0. The molecule has 2 rings (SSSR count).